The number of esters is 1. The fraction of sp³-hybridized carbons (Fsp3) is 0.533. The Bertz CT molecular complexity index is 578. The highest BCUT2D eigenvalue weighted by Crippen LogP contribution is 2.18. The Hall–Kier alpha value is -2.31. The third kappa shape index (κ3) is 3.87. The molecular formula is C15H23N3O4. The van der Waals surface area contributed by atoms with Crippen molar-refractivity contribution in [3.05, 3.63) is 22.5 Å². The van der Waals surface area contributed by atoms with Crippen molar-refractivity contribution in [2.75, 3.05) is 13.7 Å². The van der Waals surface area contributed by atoms with Crippen LogP contribution in [0, 0.1) is 13.8 Å². The number of rotatable bonds is 6. The van der Waals surface area contributed by atoms with Crippen molar-refractivity contribution >= 4 is 17.8 Å². The maximum absolute atomic E-state index is 12.3. The van der Waals surface area contributed by atoms with Gasteiger partial charge in [0.05, 0.1) is 12.7 Å². The van der Waals surface area contributed by atoms with Crippen LogP contribution in [0.4, 0.5) is 0 Å². The quantitative estimate of drug-likeness (QED) is 0.684. The molecule has 122 valence electrons. The van der Waals surface area contributed by atoms with Gasteiger partial charge in [-0.15, -0.1) is 0 Å². The zero-order chi connectivity index (χ0) is 16.9. The van der Waals surface area contributed by atoms with E-state index in [-0.39, 0.29) is 11.6 Å². The normalized spacial score (nSPS) is 11.7. The van der Waals surface area contributed by atoms with Gasteiger partial charge < -0.3 is 20.4 Å². The van der Waals surface area contributed by atoms with Gasteiger partial charge >= 0.3 is 5.97 Å². The van der Waals surface area contributed by atoms with Crippen LogP contribution in [0.15, 0.2) is 0 Å². The molecule has 0 bridgehead atoms. The summed E-state index contributed by atoms with van der Waals surface area (Å²) < 4.78 is 4.70. The summed E-state index contributed by atoms with van der Waals surface area (Å²) >= 11 is 0. The molecule has 2 amide bonds. The van der Waals surface area contributed by atoms with Crippen molar-refractivity contribution < 1.29 is 19.1 Å². The first kappa shape index (κ1) is 17.7. The van der Waals surface area contributed by atoms with Crippen LogP contribution in [-0.4, -0.2) is 42.5 Å². The Morgan fingerprint density at radius 1 is 1.27 bits per heavy atom. The van der Waals surface area contributed by atoms with E-state index in [9.17, 15) is 14.4 Å². The fourth-order valence-corrected chi connectivity index (χ4v) is 2.12. The molecule has 1 rings (SSSR count). The number of methoxy groups -OCH3 is 1. The first-order valence-electron chi connectivity index (χ1n) is 7.19. The third-order valence-electron chi connectivity index (χ3n) is 3.34. The summed E-state index contributed by atoms with van der Waals surface area (Å²) in [6.45, 7) is 7.46. The van der Waals surface area contributed by atoms with Gasteiger partial charge in [0.25, 0.3) is 5.91 Å². The summed E-state index contributed by atoms with van der Waals surface area (Å²) in [5.74, 6) is -1.18. The lowest BCUT2D eigenvalue weighted by Crippen LogP contribution is -2.45. The van der Waals surface area contributed by atoms with Crippen LogP contribution in [0.5, 0.6) is 0 Å². The first-order chi connectivity index (χ1) is 10.3. The van der Waals surface area contributed by atoms with E-state index < -0.39 is 17.9 Å². The molecule has 1 aromatic heterocycles. The highest BCUT2D eigenvalue weighted by Gasteiger charge is 2.24. The van der Waals surface area contributed by atoms with E-state index in [0.29, 0.717) is 23.4 Å². The second-order valence-electron chi connectivity index (χ2n) is 5.10. The molecule has 0 aromatic carbocycles. The molecule has 22 heavy (non-hydrogen) atoms. The number of hydrogen-bond donors (Lipinski definition) is 3. The molecule has 0 saturated heterocycles. The number of hydrogen-bond acceptors (Lipinski definition) is 4. The first-order valence-corrected chi connectivity index (χ1v) is 7.19. The number of nitrogens with one attached hydrogen (secondary N) is 3. The average Bonchev–Trinajstić information content (AvgIpc) is 2.78. The Morgan fingerprint density at radius 2 is 1.91 bits per heavy atom. The van der Waals surface area contributed by atoms with Gasteiger partial charge in [-0.3, -0.25) is 9.59 Å². The highest BCUT2D eigenvalue weighted by molar-refractivity contribution is 6.01. The minimum atomic E-state index is -0.663. The standard InChI is InChI=1S/C15H23N3O4/c1-6-7-16-13(19)10(4)18-14(20)12-8(2)11(9(3)17-12)15(21)22-5/h10,17H,6-7H2,1-5H3,(H,16,19)(H,18,20). The second kappa shape index (κ2) is 7.63. The number of amides is 2. The zero-order valence-corrected chi connectivity index (χ0v) is 13.6. The van der Waals surface area contributed by atoms with Crippen LogP contribution in [0.1, 0.15) is 52.4 Å². The number of aromatic amines is 1. The summed E-state index contributed by atoms with van der Waals surface area (Å²) in [6, 6.07) is -0.663. The van der Waals surface area contributed by atoms with Crippen LogP contribution in [0.25, 0.3) is 0 Å². The van der Waals surface area contributed by atoms with Crippen molar-refractivity contribution in [1.29, 1.82) is 0 Å². The van der Waals surface area contributed by atoms with Crippen LogP contribution in [0.3, 0.4) is 0 Å². The number of ether oxygens (including phenoxy) is 1. The fourth-order valence-electron chi connectivity index (χ4n) is 2.12. The number of aromatic nitrogens is 1. The SMILES string of the molecule is CCCNC(=O)C(C)NC(=O)c1[nH]c(C)c(C(=O)OC)c1C. The van der Waals surface area contributed by atoms with E-state index in [2.05, 4.69) is 15.6 Å². The molecule has 1 atom stereocenters. The molecule has 7 nitrogen and oxygen atoms in total. The molecule has 0 spiro atoms. The molecule has 3 N–H and O–H groups in total. The maximum atomic E-state index is 12.3. The Balaban J connectivity index is 2.87. The predicted molar refractivity (Wildman–Crippen MR) is 81.8 cm³/mol. The summed E-state index contributed by atoms with van der Waals surface area (Å²) in [6.07, 6.45) is 0.823. The summed E-state index contributed by atoms with van der Waals surface area (Å²) in [4.78, 5) is 38.6. The van der Waals surface area contributed by atoms with Gasteiger partial charge in [-0.25, -0.2) is 4.79 Å². The molecule has 0 aliphatic heterocycles. The van der Waals surface area contributed by atoms with Crippen molar-refractivity contribution in [2.24, 2.45) is 0 Å². The lowest BCUT2D eigenvalue weighted by Gasteiger charge is -2.13. The minimum Gasteiger partial charge on any atom is -0.465 e. The van der Waals surface area contributed by atoms with Gasteiger partial charge in [-0.2, -0.15) is 0 Å². The lowest BCUT2D eigenvalue weighted by molar-refractivity contribution is -0.122. The molecule has 0 aliphatic rings. The van der Waals surface area contributed by atoms with Crippen LogP contribution >= 0.6 is 0 Å². The third-order valence-corrected chi connectivity index (χ3v) is 3.34. The number of carbonyl (C=O) groups is 3. The number of aryl methyl sites for hydroxylation is 1. The van der Waals surface area contributed by atoms with Crippen molar-refractivity contribution in [1.82, 2.24) is 15.6 Å². The molecule has 0 saturated carbocycles. The van der Waals surface area contributed by atoms with Gasteiger partial charge in [0, 0.05) is 12.2 Å². The number of carbonyl (C=O) groups excluding carboxylic acids is 3. The molecule has 1 heterocycles. The van der Waals surface area contributed by atoms with Gasteiger partial charge in [0.1, 0.15) is 11.7 Å². The number of H-pyrrole nitrogens is 1. The molecule has 0 aliphatic carbocycles. The van der Waals surface area contributed by atoms with Crippen LogP contribution < -0.4 is 10.6 Å². The molecule has 1 aromatic rings. The maximum Gasteiger partial charge on any atom is 0.339 e. The van der Waals surface area contributed by atoms with Gasteiger partial charge in [0.15, 0.2) is 0 Å². The van der Waals surface area contributed by atoms with E-state index in [4.69, 9.17) is 4.74 Å². The van der Waals surface area contributed by atoms with Crippen LogP contribution in [-0.2, 0) is 9.53 Å². The molecule has 7 heteroatoms. The summed E-state index contributed by atoms with van der Waals surface area (Å²) in [7, 11) is 1.29. The Kier molecular flexibility index (Phi) is 6.15. The highest BCUT2D eigenvalue weighted by atomic mass is 16.5. The topological polar surface area (TPSA) is 100 Å². The largest absolute Gasteiger partial charge is 0.465 e. The minimum absolute atomic E-state index is 0.246. The average molecular weight is 309 g/mol. The predicted octanol–water partition coefficient (Wildman–Crippen LogP) is 1.06. The van der Waals surface area contributed by atoms with Crippen molar-refractivity contribution in [2.45, 2.75) is 40.2 Å². The Morgan fingerprint density at radius 3 is 2.45 bits per heavy atom. The van der Waals surface area contributed by atoms with E-state index in [1.165, 1.54) is 7.11 Å². The van der Waals surface area contributed by atoms with Crippen molar-refractivity contribution in [3.63, 3.8) is 0 Å². The molecular weight excluding hydrogens is 286 g/mol. The van der Waals surface area contributed by atoms with Crippen molar-refractivity contribution in [3.8, 4) is 0 Å². The molecule has 1 unspecified atom stereocenters. The van der Waals surface area contributed by atoms with E-state index >= 15 is 0 Å². The second-order valence-corrected chi connectivity index (χ2v) is 5.10. The molecule has 0 radical (unpaired) electrons. The smallest absolute Gasteiger partial charge is 0.339 e. The van der Waals surface area contributed by atoms with Gasteiger partial charge in [0.2, 0.25) is 5.91 Å². The lowest BCUT2D eigenvalue weighted by atomic mass is 10.1. The Labute approximate surface area is 129 Å². The summed E-state index contributed by atoms with van der Waals surface area (Å²) in [5.41, 5.74) is 1.66. The van der Waals surface area contributed by atoms with E-state index in [1.807, 2.05) is 6.92 Å². The van der Waals surface area contributed by atoms with Gasteiger partial charge in [-0.1, -0.05) is 6.92 Å². The van der Waals surface area contributed by atoms with Gasteiger partial charge in [-0.05, 0) is 32.8 Å². The van der Waals surface area contributed by atoms with E-state index in [0.717, 1.165) is 6.42 Å². The monoisotopic (exact) mass is 309 g/mol. The zero-order valence-electron chi connectivity index (χ0n) is 13.6. The summed E-state index contributed by atoms with van der Waals surface area (Å²) in [5, 5.41) is 5.32. The van der Waals surface area contributed by atoms with E-state index in [1.54, 1.807) is 20.8 Å². The van der Waals surface area contributed by atoms with Crippen LogP contribution in [0.2, 0.25) is 0 Å². The molecule has 0 fully saturated rings.